The molecule has 160 valence electrons. The first-order valence-electron chi connectivity index (χ1n) is 9.67. The Morgan fingerprint density at radius 2 is 1.97 bits per heavy atom. The molecule has 0 bridgehead atoms. The van der Waals surface area contributed by atoms with Gasteiger partial charge >= 0.3 is 0 Å². The molecular formula is C22H23ClF2N2O3. The molecule has 5 nitrogen and oxygen atoms in total. The zero-order valence-electron chi connectivity index (χ0n) is 16.8. The molecule has 1 atom stereocenters. The number of nitrogens with zero attached hydrogens (tertiary/aromatic N) is 1. The Morgan fingerprint density at radius 3 is 2.67 bits per heavy atom. The molecule has 1 N–H and O–H groups in total. The minimum atomic E-state index is -1.18. The summed E-state index contributed by atoms with van der Waals surface area (Å²) in [7, 11) is 0. The standard InChI is InChI=1S/C22H23ClF2N2O3/c1-13-5-3-7-20(14(13)2)26-21(28)12-27(11-15-6-4-8-30-15)22(29)16-9-18(24)19(25)10-17(16)23/h3,5,7,9-10,15H,4,6,8,11-12H2,1-2H3,(H,26,28). The molecule has 1 aliphatic heterocycles. The molecule has 0 spiro atoms. The molecule has 0 radical (unpaired) electrons. The SMILES string of the molecule is Cc1cccc(NC(=O)CN(CC2CCCO2)C(=O)c2cc(F)c(F)cc2Cl)c1C. The van der Waals surface area contributed by atoms with E-state index in [2.05, 4.69) is 5.32 Å². The fourth-order valence-corrected chi connectivity index (χ4v) is 3.59. The number of amides is 2. The van der Waals surface area contributed by atoms with Crippen LogP contribution in [0.15, 0.2) is 30.3 Å². The zero-order chi connectivity index (χ0) is 21.8. The van der Waals surface area contributed by atoms with Gasteiger partial charge in [0.2, 0.25) is 5.91 Å². The van der Waals surface area contributed by atoms with Crippen LogP contribution in [0.1, 0.15) is 34.3 Å². The fraction of sp³-hybridized carbons (Fsp3) is 0.364. The normalized spacial score (nSPS) is 15.8. The van der Waals surface area contributed by atoms with E-state index in [1.807, 2.05) is 26.0 Å². The predicted octanol–water partition coefficient (Wildman–Crippen LogP) is 4.49. The molecule has 0 saturated carbocycles. The summed E-state index contributed by atoms with van der Waals surface area (Å²) in [5.41, 5.74) is 2.39. The molecule has 1 fully saturated rings. The lowest BCUT2D eigenvalue weighted by Crippen LogP contribution is -2.42. The Kier molecular flexibility index (Phi) is 7.05. The third-order valence-corrected chi connectivity index (χ3v) is 5.50. The highest BCUT2D eigenvalue weighted by atomic mass is 35.5. The fourth-order valence-electron chi connectivity index (χ4n) is 3.36. The first kappa shape index (κ1) is 22.2. The Labute approximate surface area is 179 Å². The summed E-state index contributed by atoms with van der Waals surface area (Å²) in [6, 6.07) is 7.05. The van der Waals surface area contributed by atoms with Crippen molar-refractivity contribution in [3.63, 3.8) is 0 Å². The molecule has 1 aliphatic rings. The minimum Gasteiger partial charge on any atom is -0.376 e. The van der Waals surface area contributed by atoms with Crippen molar-refractivity contribution in [3.05, 3.63) is 63.7 Å². The van der Waals surface area contributed by atoms with Crippen molar-refractivity contribution in [1.29, 1.82) is 0 Å². The molecule has 1 unspecified atom stereocenters. The summed E-state index contributed by atoms with van der Waals surface area (Å²) in [5, 5.41) is 2.59. The maximum atomic E-state index is 13.7. The van der Waals surface area contributed by atoms with Gasteiger partial charge in [0.25, 0.3) is 5.91 Å². The Bertz CT molecular complexity index is 962. The van der Waals surface area contributed by atoms with Gasteiger partial charge in [-0.2, -0.15) is 0 Å². The van der Waals surface area contributed by atoms with E-state index < -0.39 is 23.4 Å². The number of halogens is 3. The van der Waals surface area contributed by atoms with Crippen LogP contribution in [0.3, 0.4) is 0 Å². The van der Waals surface area contributed by atoms with Crippen molar-refractivity contribution in [2.24, 2.45) is 0 Å². The van der Waals surface area contributed by atoms with Crippen LogP contribution >= 0.6 is 11.6 Å². The summed E-state index contributed by atoms with van der Waals surface area (Å²) in [6.07, 6.45) is 1.37. The summed E-state index contributed by atoms with van der Waals surface area (Å²) in [6.45, 7) is 4.27. The van der Waals surface area contributed by atoms with Gasteiger partial charge in [-0.05, 0) is 56.0 Å². The molecule has 8 heteroatoms. The van der Waals surface area contributed by atoms with E-state index >= 15 is 0 Å². The van der Waals surface area contributed by atoms with Gasteiger partial charge in [0.1, 0.15) is 6.54 Å². The van der Waals surface area contributed by atoms with Crippen molar-refractivity contribution in [2.45, 2.75) is 32.8 Å². The van der Waals surface area contributed by atoms with Crippen LogP contribution < -0.4 is 5.32 Å². The largest absolute Gasteiger partial charge is 0.376 e. The quantitative estimate of drug-likeness (QED) is 0.678. The predicted molar refractivity (Wildman–Crippen MR) is 111 cm³/mol. The van der Waals surface area contributed by atoms with Gasteiger partial charge in [-0.15, -0.1) is 0 Å². The molecule has 1 heterocycles. The van der Waals surface area contributed by atoms with E-state index in [0.29, 0.717) is 12.3 Å². The number of rotatable bonds is 6. The lowest BCUT2D eigenvalue weighted by molar-refractivity contribution is -0.117. The number of ether oxygens (including phenoxy) is 1. The number of hydrogen-bond donors (Lipinski definition) is 1. The lowest BCUT2D eigenvalue weighted by atomic mass is 10.1. The number of hydrogen-bond acceptors (Lipinski definition) is 3. The van der Waals surface area contributed by atoms with Crippen LogP contribution in [0.25, 0.3) is 0 Å². The first-order valence-corrected chi connectivity index (χ1v) is 10.1. The van der Waals surface area contributed by atoms with E-state index in [1.165, 1.54) is 4.90 Å². The first-order chi connectivity index (χ1) is 14.3. The van der Waals surface area contributed by atoms with E-state index in [9.17, 15) is 18.4 Å². The number of carbonyl (C=O) groups excluding carboxylic acids is 2. The number of aryl methyl sites for hydroxylation is 1. The molecule has 30 heavy (non-hydrogen) atoms. The second-order valence-electron chi connectivity index (χ2n) is 7.36. The third-order valence-electron chi connectivity index (χ3n) is 5.19. The number of benzene rings is 2. The Morgan fingerprint density at radius 1 is 1.23 bits per heavy atom. The number of anilines is 1. The highest BCUT2D eigenvalue weighted by Crippen LogP contribution is 2.23. The van der Waals surface area contributed by atoms with Crippen molar-refractivity contribution in [2.75, 3.05) is 25.0 Å². The zero-order valence-corrected chi connectivity index (χ0v) is 17.6. The van der Waals surface area contributed by atoms with Crippen LogP contribution in [-0.2, 0) is 9.53 Å². The monoisotopic (exact) mass is 436 g/mol. The molecule has 0 aromatic heterocycles. The molecule has 0 aliphatic carbocycles. The molecule has 1 saturated heterocycles. The number of carbonyl (C=O) groups is 2. The van der Waals surface area contributed by atoms with Gasteiger partial charge in [0.15, 0.2) is 11.6 Å². The van der Waals surface area contributed by atoms with Gasteiger partial charge in [0, 0.05) is 18.8 Å². The Balaban J connectivity index is 1.81. The second kappa shape index (κ2) is 9.53. The van der Waals surface area contributed by atoms with Crippen LogP contribution in [0.4, 0.5) is 14.5 Å². The van der Waals surface area contributed by atoms with Gasteiger partial charge < -0.3 is 15.0 Å². The van der Waals surface area contributed by atoms with Crippen LogP contribution in [0.2, 0.25) is 5.02 Å². The summed E-state index contributed by atoms with van der Waals surface area (Å²) in [4.78, 5) is 27.0. The number of nitrogens with one attached hydrogen (secondary N) is 1. The Hall–Kier alpha value is -2.51. The van der Waals surface area contributed by atoms with E-state index in [0.717, 1.165) is 36.1 Å². The van der Waals surface area contributed by atoms with Gasteiger partial charge in [0.05, 0.1) is 16.7 Å². The van der Waals surface area contributed by atoms with E-state index in [-0.39, 0.29) is 29.8 Å². The van der Waals surface area contributed by atoms with Crippen LogP contribution in [0, 0.1) is 25.5 Å². The summed E-state index contributed by atoms with van der Waals surface area (Å²) < 4.78 is 32.7. The minimum absolute atomic E-state index is 0.147. The average Bonchev–Trinajstić information content (AvgIpc) is 3.20. The second-order valence-corrected chi connectivity index (χ2v) is 7.77. The third kappa shape index (κ3) is 5.15. The van der Waals surface area contributed by atoms with Crippen molar-refractivity contribution < 1.29 is 23.1 Å². The summed E-state index contributed by atoms with van der Waals surface area (Å²) in [5.74, 6) is -3.39. The van der Waals surface area contributed by atoms with Crippen LogP contribution in [-0.4, -0.2) is 42.5 Å². The van der Waals surface area contributed by atoms with Crippen LogP contribution in [0.5, 0.6) is 0 Å². The van der Waals surface area contributed by atoms with Gasteiger partial charge in [-0.25, -0.2) is 8.78 Å². The van der Waals surface area contributed by atoms with Gasteiger partial charge in [-0.1, -0.05) is 23.7 Å². The smallest absolute Gasteiger partial charge is 0.256 e. The maximum absolute atomic E-state index is 13.7. The molecule has 3 rings (SSSR count). The average molecular weight is 437 g/mol. The maximum Gasteiger partial charge on any atom is 0.256 e. The van der Waals surface area contributed by atoms with Crippen molar-refractivity contribution in [3.8, 4) is 0 Å². The van der Waals surface area contributed by atoms with E-state index in [4.69, 9.17) is 16.3 Å². The highest BCUT2D eigenvalue weighted by Gasteiger charge is 2.27. The van der Waals surface area contributed by atoms with E-state index in [1.54, 1.807) is 6.07 Å². The summed E-state index contributed by atoms with van der Waals surface area (Å²) >= 11 is 5.98. The molecule has 2 aromatic carbocycles. The molecule has 2 amide bonds. The molecular weight excluding hydrogens is 414 g/mol. The highest BCUT2D eigenvalue weighted by molar-refractivity contribution is 6.33. The van der Waals surface area contributed by atoms with Gasteiger partial charge in [-0.3, -0.25) is 9.59 Å². The van der Waals surface area contributed by atoms with Crippen molar-refractivity contribution in [1.82, 2.24) is 4.90 Å². The van der Waals surface area contributed by atoms with Crippen molar-refractivity contribution >= 4 is 29.1 Å². The molecule has 2 aromatic rings. The lowest BCUT2D eigenvalue weighted by Gasteiger charge is -2.25. The topological polar surface area (TPSA) is 58.6 Å².